The van der Waals surface area contributed by atoms with Crippen molar-refractivity contribution in [3.8, 4) is 16.9 Å². The number of nitrogens with zero attached hydrogens (tertiary/aromatic N) is 1. The van der Waals surface area contributed by atoms with Crippen molar-refractivity contribution in [1.29, 1.82) is 0 Å². The van der Waals surface area contributed by atoms with Crippen LogP contribution >= 0.6 is 11.6 Å². The van der Waals surface area contributed by atoms with Gasteiger partial charge in [-0.15, -0.1) is 0 Å². The molecular weight excluding hydrogens is 480 g/mol. The summed E-state index contributed by atoms with van der Waals surface area (Å²) in [7, 11) is 1.44. The number of carbonyl (C=O) groups is 2. The number of pyridine rings is 1. The average Bonchev–Trinajstić information content (AvgIpc) is 2.73. The molecule has 0 fully saturated rings. The van der Waals surface area contributed by atoms with Crippen LogP contribution in [0, 0.1) is 6.92 Å². The van der Waals surface area contributed by atoms with Gasteiger partial charge in [0.2, 0.25) is 0 Å². The van der Waals surface area contributed by atoms with Gasteiger partial charge in [-0.1, -0.05) is 47.7 Å². The van der Waals surface area contributed by atoms with Crippen LogP contribution in [0.2, 0.25) is 5.02 Å². The molecule has 34 heavy (non-hydrogen) atoms. The van der Waals surface area contributed by atoms with Crippen LogP contribution in [0.15, 0.2) is 59.5 Å². The Morgan fingerprint density at radius 3 is 2.47 bits per heavy atom. The van der Waals surface area contributed by atoms with E-state index in [0.29, 0.717) is 10.6 Å². The number of nitrogens with one attached hydrogen (secondary N) is 2. The van der Waals surface area contributed by atoms with Crippen LogP contribution in [-0.2, 0) is 11.8 Å². The second kappa shape index (κ2) is 13.3. The number of aryl methyl sites for hydroxylation is 2. The molecule has 0 bridgehead atoms. The normalized spacial score (nSPS) is 10.9. The van der Waals surface area contributed by atoms with Gasteiger partial charge in [0.1, 0.15) is 5.69 Å². The first-order valence-corrected chi connectivity index (χ1v) is 10.0. The number of anilines is 1. The summed E-state index contributed by atoms with van der Waals surface area (Å²) in [5, 5.41) is 28.6. The fourth-order valence-corrected chi connectivity index (χ4v) is 3.47. The predicted molar refractivity (Wildman–Crippen MR) is 117 cm³/mol. The molecule has 11 heteroatoms. The van der Waals surface area contributed by atoms with E-state index in [2.05, 4.69) is 10.6 Å². The molecule has 0 spiro atoms. The number of benzene rings is 2. The number of hydrogen-bond donors (Lipinski definition) is 2. The maximum Gasteiger partial charge on any atom is 1.00 e. The molecule has 1 heterocycles. The van der Waals surface area contributed by atoms with E-state index in [4.69, 9.17) is 11.6 Å². The predicted octanol–water partition coefficient (Wildman–Crippen LogP) is -3.90. The number of carboxylic acids is 1. The molecule has 3 rings (SSSR count). The van der Waals surface area contributed by atoms with E-state index >= 15 is 0 Å². The van der Waals surface area contributed by atoms with Crippen molar-refractivity contribution >= 4 is 29.3 Å². The fourth-order valence-electron chi connectivity index (χ4n) is 3.28. The van der Waals surface area contributed by atoms with Gasteiger partial charge in [-0.2, -0.15) is 0 Å². The number of hydrogen-bond acceptors (Lipinski definition) is 5. The van der Waals surface area contributed by atoms with Crippen LogP contribution in [0.4, 0.5) is 10.5 Å². The van der Waals surface area contributed by atoms with Gasteiger partial charge in [0.25, 0.3) is 5.56 Å². The molecule has 8 nitrogen and oxygen atoms in total. The van der Waals surface area contributed by atoms with Gasteiger partial charge in [0.05, 0.1) is 6.04 Å². The number of aliphatic carboxylic acids is 1. The van der Waals surface area contributed by atoms with Gasteiger partial charge < -0.3 is 30.2 Å². The number of aromatic nitrogens is 1. The first kappa shape index (κ1) is 30.3. The van der Waals surface area contributed by atoms with Crippen LogP contribution < -0.4 is 85.5 Å². The van der Waals surface area contributed by atoms with Crippen LogP contribution in [0.3, 0.4) is 0 Å². The van der Waals surface area contributed by atoms with Crippen molar-refractivity contribution < 1.29 is 78.9 Å². The average molecular weight is 500 g/mol. The van der Waals surface area contributed by atoms with Gasteiger partial charge in [-0.05, 0) is 47.4 Å². The number of amides is 2. The van der Waals surface area contributed by atoms with Crippen LogP contribution in [0.5, 0.6) is 5.75 Å². The minimum absolute atomic E-state index is 0. The van der Waals surface area contributed by atoms with Crippen LogP contribution in [0.1, 0.15) is 23.6 Å². The molecule has 1 aromatic heterocycles. The first-order valence-electron chi connectivity index (χ1n) is 9.66. The summed E-state index contributed by atoms with van der Waals surface area (Å²) in [6, 6.07) is 11.7. The number of halogens is 1. The molecule has 1 atom stereocenters. The molecule has 0 aliphatic rings. The fraction of sp³-hybridized carbons (Fsp3) is 0.174. The van der Waals surface area contributed by atoms with E-state index in [1.807, 2.05) is 13.0 Å². The van der Waals surface area contributed by atoms with E-state index < -0.39 is 41.5 Å². The van der Waals surface area contributed by atoms with Crippen molar-refractivity contribution in [2.24, 2.45) is 7.05 Å². The molecule has 166 valence electrons. The molecular formula is C23H20ClN3Na2O5. The minimum Gasteiger partial charge on any atom is -0.871 e. The second-order valence-electron chi connectivity index (χ2n) is 7.28. The summed E-state index contributed by atoms with van der Waals surface area (Å²) in [6.07, 6.45) is 0.777. The Kier molecular flexibility index (Phi) is 11.9. The number of carbonyl (C=O) groups excluding carboxylic acids is 2. The van der Waals surface area contributed by atoms with E-state index in [1.165, 1.54) is 13.2 Å². The molecule has 0 radical (unpaired) electrons. The zero-order valence-electron chi connectivity index (χ0n) is 19.3. The third kappa shape index (κ3) is 7.61. The Balaban J connectivity index is 0.00000289. The molecule has 0 aliphatic heterocycles. The van der Waals surface area contributed by atoms with E-state index in [0.717, 1.165) is 27.3 Å². The summed E-state index contributed by atoms with van der Waals surface area (Å²) in [6.45, 7) is 1.90. The van der Waals surface area contributed by atoms with E-state index in [9.17, 15) is 24.6 Å². The molecule has 0 unspecified atom stereocenters. The molecule has 2 N–H and O–H groups in total. The monoisotopic (exact) mass is 499 g/mol. The number of rotatable bonds is 6. The number of urea groups is 1. The maximum absolute atomic E-state index is 12.5. The van der Waals surface area contributed by atoms with Crippen molar-refractivity contribution in [2.45, 2.75) is 19.4 Å². The van der Waals surface area contributed by atoms with Gasteiger partial charge in [-0.3, -0.25) is 4.79 Å². The Morgan fingerprint density at radius 2 is 1.82 bits per heavy atom. The standard InChI is InChI=1S/C23H22ClN3O5.2Na/c1-13-6-7-15(11-17(13)14-4-3-5-16(24)10-14)18(12-20(29)30)25-23(32)26-21-19(28)8-9-27(2)22(21)31;;/h3-11,18,28H,12H2,1-2H3,(H,29,30)(H2,25,26,32);;/q;2*+1/p-2/t18-;;/m0../s1. The molecule has 0 saturated heterocycles. The largest absolute Gasteiger partial charge is 1.00 e. The quantitative estimate of drug-likeness (QED) is 0.335. The van der Waals surface area contributed by atoms with Gasteiger partial charge in [-0.25, -0.2) is 4.79 Å². The summed E-state index contributed by atoms with van der Waals surface area (Å²) in [5.74, 6) is -2.03. The summed E-state index contributed by atoms with van der Waals surface area (Å²) in [5.41, 5.74) is 1.97. The third-order valence-electron chi connectivity index (χ3n) is 4.94. The van der Waals surface area contributed by atoms with Crippen molar-refractivity contribution in [1.82, 2.24) is 9.88 Å². The van der Waals surface area contributed by atoms with Gasteiger partial charge in [0.15, 0.2) is 0 Å². The molecule has 2 amide bonds. The molecule has 0 aliphatic carbocycles. The van der Waals surface area contributed by atoms with Crippen LogP contribution in [-0.4, -0.2) is 16.6 Å². The number of carboxylic acid groups (broad SMARTS) is 1. The minimum atomic E-state index is -1.37. The van der Waals surface area contributed by atoms with Crippen LogP contribution in [0.25, 0.3) is 11.1 Å². The van der Waals surface area contributed by atoms with E-state index in [-0.39, 0.29) is 59.1 Å². The van der Waals surface area contributed by atoms with Gasteiger partial charge in [0, 0.05) is 30.7 Å². The Labute approximate surface area is 245 Å². The summed E-state index contributed by atoms with van der Waals surface area (Å²) < 4.78 is 1.15. The van der Waals surface area contributed by atoms with Crippen molar-refractivity contribution in [3.63, 3.8) is 0 Å². The third-order valence-corrected chi connectivity index (χ3v) is 5.18. The zero-order chi connectivity index (χ0) is 23.4. The zero-order valence-corrected chi connectivity index (χ0v) is 24.1. The smallest absolute Gasteiger partial charge is 0.871 e. The Bertz CT molecular complexity index is 1250. The molecule has 2 aromatic carbocycles. The Hall–Kier alpha value is -1.78. The maximum atomic E-state index is 12.5. The van der Waals surface area contributed by atoms with Crippen molar-refractivity contribution in [3.05, 3.63) is 81.2 Å². The van der Waals surface area contributed by atoms with E-state index in [1.54, 1.807) is 36.4 Å². The summed E-state index contributed by atoms with van der Waals surface area (Å²) >= 11 is 6.10. The SMILES string of the molecule is Cc1ccc([C@H](CC(=O)[O-])NC(=O)Nc2c([O-])ccn(C)c2=O)cc1-c1cccc(Cl)c1.[Na+].[Na+]. The molecule has 0 saturated carbocycles. The molecule has 3 aromatic rings. The second-order valence-corrected chi connectivity index (χ2v) is 7.72. The van der Waals surface area contributed by atoms with Gasteiger partial charge >= 0.3 is 65.1 Å². The summed E-state index contributed by atoms with van der Waals surface area (Å²) in [4.78, 5) is 36.0. The van der Waals surface area contributed by atoms with Crippen molar-refractivity contribution in [2.75, 3.05) is 5.32 Å². The topological polar surface area (TPSA) is 126 Å². The Morgan fingerprint density at radius 1 is 1.12 bits per heavy atom. The first-order chi connectivity index (χ1) is 15.2.